The Morgan fingerprint density at radius 3 is 1.68 bits per heavy atom. The predicted octanol–water partition coefficient (Wildman–Crippen LogP) is -5.37. The molecule has 0 unspecified atom stereocenters. The van der Waals surface area contributed by atoms with Crippen molar-refractivity contribution in [3.63, 3.8) is 0 Å². The molecule has 0 aromatic carbocycles. The average Bonchev–Trinajstić information content (AvgIpc) is 2.94. The van der Waals surface area contributed by atoms with Crippen molar-refractivity contribution in [3.05, 3.63) is 0 Å². The maximum atomic E-state index is 12.2. The number of carboxylic acids is 1. The van der Waals surface area contributed by atoms with Crippen molar-refractivity contribution >= 4 is 23.7 Å². The minimum Gasteiger partial charge on any atom is -0.479 e. The molecule has 3 aliphatic rings. The molecule has 9 N–H and O–H groups in total. The van der Waals surface area contributed by atoms with Gasteiger partial charge in [-0.3, -0.25) is 14.4 Å². The number of aliphatic carboxylic acids is 1. The van der Waals surface area contributed by atoms with E-state index < -0.39 is 122 Å². The Morgan fingerprint density at radius 1 is 0.682 bits per heavy atom. The molecule has 3 aliphatic heterocycles. The molecule has 3 amide bonds. The van der Waals surface area contributed by atoms with Gasteiger partial charge in [-0.05, 0) is 6.92 Å². The minimum absolute atomic E-state index is 0.486. The van der Waals surface area contributed by atoms with Crippen LogP contribution in [0.5, 0.6) is 0 Å². The van der Waals surface area contributed by atoms with Gasteiger partial charge in [-0.15, -0.1) is 0 Å². The van der Waals surface area contributed by atoms with Crippen molar-refractivity contribution in [2.45, 2.75) is 120 Å². The monoisotopic (exact) mass is 639 g/mol. The Morgan fingerprint density at radius 2 is 1.18 bits per heavy atom. The van der Waals surface area contributed by atoms with E-state index in [4.69, 9.17) is 28.4 Å². The van der Waals surface area contributed by atoms with Crippen molar-refractivity contribution in [3.8, 4) is 0 Å². The molecule has 0 aromatic rings. The Bertz CT molecular complexity index is 1040. The van der Waals surface area contributed by atoms with Gasteiger partial charge in [0.25, 0.3) is 0 Å². The van der Waals surface area contributed by atoms with Crippen LogP contribution in [0.1, 0.15) is 27.7 Å². The number of methoxy groups -OCH3 is 1. The number of nitrogens with one attached hydrogen (secondary N) is 3. The molecule has 3 fully saturated rings. The van der Waals surface area contributed by atoms with Crippen molar-refractivity contribution in [2.24, 2.45) is 0 Å². The molecule has 3 heterocycles. The van der Waals surface area contributed by atoms with E-state index in [1.807, 2.05) is 0 Å². The Balaban J connectivity index is 1.94. The number of hydrogen-bond acceptors (Lipinski definition) is 15. The minimum atomic E-state index is -2.01. The Labute approximate surface area is 251 Å². The Hall–Kier alpha value is -2.56. The largest absolute Gasteiger partial charge is 0.479 e. The molecule has 19 nitrogen and oxygen atoms in total. The van der Waals surface area contributed by atoms with Crippen LogP contribution in [0.2, 0.25) is 0 Å². The fourth-order valence-corrected chi connectivity index (χ4v) is 5.43. The molecular formula is C25H41N3O16. The average molecular weight is 640 g/mol. The van der Waals surface area contributed by atoms with Gasteiger partial charge in [0, 0.05) is 27.9 Å². The van der Waals surface area contributed by atoms with Gasteiger partial charge >= 0.3 is 5.97 Å². The fourth-order valence-electron chi connectivity index (χ4n) is 5.43. The van der Waals surface area contributed by atoms with E-state index in [-0.39, 0.29) is 0 Å². The van der Waals surface area contributed by atoms with Crippen LogP contribution < -0.4 is 16.0 Å². The van der Waals surface area contributed by atoms with Crippen molar-refractivity contribution in [1.82, 2.24) is 16.0 Å². The summed E-state index contributed by atoms with van der Waals surface area (Å²) in [6.45, 7) is 4.17. The number of carboxylic acid groups (broad SMARTS) is 1. The Kier molecular flexibility index (Phi) is 12.4. The molecule has 0 saturated carbocycles. The van der Waals surface area contributed by atoms with E-state index in [1.165, 1.54) is 14.0 Å². The highest BCUT2D eigenvalue weighted by Crippen LogP contribution is 2.32. The van der Waals surface area contributed by atoms with E-state index in [2.05, 4.69) is 16.0 Å². The summed E-state index contributed by atoms with van der Waals surface area (Å²) in [5.41, 5.74) is 0. The topological polar surface area (TPSA) is 281 Å². The van der Waals surface area contributed by atoms with E-state index in [0.29, 0.717) is 0 Å². The molecule has 0 spiro atoms. The standard InChI is InChI=1S/C25H41N3O16/c1-7-12(26-8(2)30)20(18(36)25(39-5)40-7)43-23-14(28-10(4)32)16(34)19(11(6-29)41-23)42-24-13(27-9(3)31)15(33)17(35)21(44-24)22(37)38/h7,11-21,23-25,29,33-36H,6H2,1-5H3,(H,26,30)(H,27,31)(H,28,32)(H,37,38)/t7-,11+,12-,13+,14+,15+,16+,17-,18-,19+,20+,21-,23-,24+,25-/m1/s1. The summed E-state index contributed by atoms with van der Waals surface area (Å²) < 4.78 is 33.8. The SMILES string of the molecule is CO[C@@H]1O[C@H](C)[C@@H](NC(C)=O)[C@H](O[C@H]2O[C@@H](CO)[C@H](O[C@H]3O[C@@H](C(=O)O)[C@H](O)[C@@H](O)[C@@H]3NC(C)=O)[C@@H](O)[C@@H]2NC(C)=O)[C@H]1O. The lowest BCUT2D eigenvalue weighted by Gasteiger charge is -2.50. The number of amides is 3. The summed E-state index contributed by atoms with van der Waals surface area (Å²) >= 11 is 0. The number of rotatable bonds is 10. The second-order valence-electron chi connectivity index (χ2n) is 10.8. The van der Waals surface area contributed by atoms with Crippen molar-refractivity contribution in [1.29, 1.82) is 0 Å². The predicted molar refractivity (Wildman–Crippen MR) is 140 cm³/mol. The zero-order valence-electron chi connectivity index (χ0n) is 24.6. The first-order chi connectivity index (χ1) is 20.6. The van der Waals surface area contributed by atoms with Crippen LogP contribution in [0, 0.1) is 0 Å². The molecule has 252 valence electrons. The summed E-state index contributed by atoms with van der Waals surface area (Å²) in [6.07, 6.45) is -18.9. The molecule has 0 bridgehead atoms. The lowest BCUT2D eigenvalue weighted by molar-refractivity contribution is -0.348. The fraction of sp³-hybridized carbons (Fsp3) is 0.840. The van der Waals surface area contributed by atoms with Gasteiger partial charge in [0.1, 0.15) is 54.8 Å². The summed E-state index contributed by atoms with van der Waals surface area (Å²) in [5.74, 6) is -3.53. The lowest BCUT2D eigenvalue weighted by Crippen LogP contribution is -2.71. The first-order valence-electron chi connectivity index (χ1n) is 13.8. The molecular weight excluding hydrogens is 598 g/mol. The molecule has 44 heavy (non-hydrogen) atoms. The van der Waals surface area contributed by atoms with Crippen LogP contribution >= 0.6 is 0 Å². The van der Waals surface area contributed by atoms with Crippen LogP contribution in [-0.4, -0.2) is 160 Å². The number of aliphatic hydroxyl groups is 5. The molecule has 3 rings (SSSR count). The number of carbonyl (C=O) groups excluding carboxylic acids is 3. The highest BCUT2D eigenvalue weighted by molar-refractivity contribution is 5.75. The van der Waals surface area contributed by atoms with Gasteiger partial charge in [0.2, 0.25) is 17.7 Å². The second-order valence-corrected chi connectivity index (χ2v) is 10.8. The molecule has 3 saturated heterocycles. The summed E-state index contributed by atoms with van der Waals surface area (Å²) in [6, 6.07) is -3.98. The van der Waals surface area contributed by atoms with Gasteiger partial charge in [0.15, 0.2) is 25.0 Å². The first kappa shape index (κ1) is 35.9. The number of hydrogen-bond donors (Lipinski definition) is 9. The van der Waals surface area contributed by atoms with Gasteiger partial charge in [-0.2, -0.15) is 0 Å². The van der Waals surface area contributed by atoms with Gasteiger partial charge < -0.3 is 75.0 Å². The van der Waals surface area contributed by atoms with Crippen LogP contribution in [0.4, 0.5) is 0 Å². The quantitative estimate of drug-likeness (QED) is 0.108. The third-order valence-electron chi connectivity index (χ3n) is 7.45. The van der Waals surface area contributed by atoms with Gasteiger partial charge in [-0.25, -0.2) is 4.79 Å². The lowest BCUT2D eigenvalue weighted by atomic mass is 9.93. The number of ether oxygens (including phenoxy) is 6. The highest BCUT2D eigenvalue weighted by atomic mass is 16.7. The van der Waals surface area contributed by atoms with Crippen LogP contribution in [0.15, 0.2) is 0 Å². The van der Waals surface area contributed by atoms with Crippen molar-refractivity contribution in [2.75, 3.05) is 13.7 Å². The third-order valence-corrected chi connectivity index (χ3v) is 7.45. The summed E-state index contributed by atoms with van der Waals surface area (Å²) in [5, 5.41) is 70.2. The molecule has 15 atom stereocenters. The zero-order valence-corrected chi connectivity index (χ0v) is 24.6. The van der Waals surface area contributed by atoms with Crippen LogP contribution in [-0.2, 0) is 47.6 Å². The second kappa shape index (κ2) is 15.1. The van der Waals surface area contributed by atoms with E-state index >= 15 is 0 Å². The normalized spacial score (nSPS) is 42.6. The first-order valence-corrected chi connectivity index (χ1v) is 13.8. The maximum absolute atomic E-state index is 12.2. The van der Waals surface area contributed by atoms with Crippen LogP contribution in [0.25, 0.3) is 0 Å². The third kappa shape index (κ3) is 7.98. The highest BCUT2D eigenvalue weighted by Gasteiger charge is 2.55. The molecule has 19 heteroatoms. The molecule has 0 aliphatic carbocycles. The molecule has 0 radical (unpaired) electrons. The number of aliphatic hydroxyl groups excluding tert-OH is 5. The van der Waals surface area contributed by atoms with Crippen molar-refractivity contribution < 1.29 is 78.2 Å². The molecule has 0 aromatic heterocycles. The van der Waals surface area contributed by atoms with Crippen LogP contribution in [0.3, 0.4) is 0 Å². The van der Waals surface area contributed by atoms with E-state index in [1.54, 1.807) is 6.92 Å². The van der Waals surface area contributed by atoms with Gasteiger partial charge in [0.05, 0.1) is 18.8 Å². The van der Waals surface area contributed by atoms with E-state index in [0.717, 1.165) is 13.8 Å². The summed E-state index contributed by atoms with van der Waals surface area (Å²) in [4.78, 5) is 47.6. The summed E-state index contributed by atoms with van der Waals surface area (Å²) in [7, 11) is 1.27. The maximum Gasteiger partial charge on any atom is 0.335 e. The van der Waals surface area contributed by atoms with Gasteiger partial charge in [-0.1, -0.05) is 0 Å². The smallest absolute Gasteiger partial charge is 0.335 e. The zero-order chi connectivity index (χ0) is 33.0. The van der Waals surface area contributed by atoms with E-state index in [9.17, 15) is 49.8 Å². The number of carbonyl (C=O) groups is 4.